The summed E-state index contributed by atoms with van der Waals surface area (Å²) in [7, 11) is 1.61. The van der Waals surface area contributed by atoms with E-state index in [2.05, 4.69) is 27.8 Å². The Hall–Kier alpha value is -3.65. The summed E-state index contributed by atoms with van der Waals surface area (Å²) in [4.78, 5) is 34.1. The smallest absolute Gasteiger partial charge is 0.254 e. The van der Waals surface area contributed by atoms with E-state index in [4.69, 9.17) is 16.3 Å². The lowest BCUT2D eigenvalue weighted by atomic mass is 9.77. The Balaban J connectivity index is 1.30. The van der Waals surface area contributed by atoms with Gasteiger partial charge in [0, 0.05) is 69.2 Å². The van der Waals surface area contributed by atoms with E-state index in [1.54, 1.807) is 18.1 Å². The second-order valence-electron chi connectivity index (χ2n) is 10.5. The molecule has 1 saturated heterocycles. The number of ether oxygens (including phenoxy) is 1. The molecule has 2 aliphatic rings. The first kappa shape index (κ1) is 28.9. The lowest BCUT2D eigenvalue weighted by Gasteiger charge is -2.42. The molecule has 3 aromatic carbocycles. The summed E-state index contributed by atoms with van der Waals surface area (Å²) in [6.07, 6.45) is 0. The van der Waals surface area contributed by atoms with Crippen molar-refractivity contribution in [3.05, 3.63) is 107 Å². The molecule has 7 nitrogen and oxygen atoms in total. The highest BCUT2D eigenvalue weighted by atomic mass is 35.5. The lowest BCUT2D eigenvalue weighted by Crippen LogP contribution is -2.54. The number of amides is 2. The van der Waals surface area contributed by atoms with E-state index in [0.717, 1.165) is 60.1 Å². The van der Waals surface area contributed by atoms with Crippen LogP contribution >= 0.6 is 11.6 Å². The summed E-state index contributed by atoms with van der Waals surface area (Å²) in [5.41, 5.74) is 4.07. The van der Waals surface area contributed by atoms with Crippen molar-refractivity contribution in [3.63, 3.8) is 0 Å². The number of piperazine rings is 1. The molecular formula is C33H37ClN4O3. The number of fused-ring (bicyclic) bond motifs is 1. The second-order valence-corrected chi connectivity index (χ2v) is 10.9. The zero-order chi connectivity index (χ0) is 28.8. The molecule has 0 aliphatic carbocycles. The summed E-state index contributed by atoms with van der Waals surface area (Å²) in [6, 6.07) is 24.6. The lowest BCUT2D eigenvalue weighted by molar-refractivity contribution is -0.123. The van der Waals surface area contributed by atoms with E-state index in [9.17, 15) is 9.59 Å². The molecule has 2 atom stereocenters. The molecule has 1 N–H and O–H groups in total. The van der Waals surface area contributed by atoms with Crippen LogP contribution in [0, 0.1) is 0 Å². The molecule has 41 heavy (non-hydrogen) atoms. The van der Waals surface area contributed by atoms with Crippen LogP contribution in [0.2, 0.25) is 5.02 Å². The molecule has 3 aromatic rings. The number of rotatable bonds is 10. The van der Waals surface area contributed by atoms with Gasteiger partial charge in [0.1, 0.15) is 0 Å². The number of carbonyl (C=O) groups is 2. The van der Waals surface area contributed by atoms with Gasteiger partial charge >= 0.3 is 0 Å². The average Bonchev–Trinajstić information content (AvgIpc) is 3.01. The van der Waals surface area contributed by atoms with Gasteiger partial charge in [-0.2, -0.15) is 0 Å². The summed E-state index contributed by atoms with van der Waals surface area (Å²) in [5, 5.41) is 3.94. The highest BCUT2D eigenvalue weighted by molar-refractivity contribution is 6.30. The fraction of sp³-hybridized carbons (Fsp3) is 0.333. The third-order valence-electron chi connectivity index (χ3n) is 8.03. The minimum Gasteiger partial charge on any atom is -0.383 e. The molecule has 0 bridgehead atoms. The molecule has 8 heteroatoms. The van der Waals surface area contributed by atoms with Crippen LogP contribution in [-0.4, -0.2) is 87.2 Å². The number of hydrogen-bond acceptors (Lipinski definition) is 5. The maximum atomic E-state index is 14.0. The van der Waals surface area contributed by atoms with Gasteiger partial charge in [-0.1, -0.05) is 72.8 Å². The molecule has 2 amide bonds. The van der Waals surface area contributed by atoms with Gasteiger partial charge in [0.05, 0.1) is 18.6 Å². The quantitative estimate of drug-likeness (QED) is 0.386. The number of nitrogens with one attached hydrogen (secondary N) is 1. The molecule has 0 aromatic heterocycles. The number of benzene rings is 3. The van der Waals surface area contributed by atoms with Crippen molar-refractivity contribution < 1.29 is 14.3 Å². The van der Waals surface area contributed by atoms with Crippen molar-refractivity contribution in [1.82, 2.24) is 15.1 Å². The van der Waals surface area contributed by atoms with Gasteiger partial charge in [0.15, 0.2) is 0 Å². The number of methoxy groups -OCH3 is 1. The van der Waals surface area contributed by atoms with Crippen molar-refractivity contribution in [1.29, 1.82) is 0 Å². The van der Waals surface area contributed by atoms with Crippen LogP contribution in [0.1, 0.15) is 27.4 Å². The Morgan fingerprint density at radius 2 is 1.71 bits per heavy atom. The van der Waals surface area contributed by atoms with E-state index in [1.807, 2.05) is 66.7 Å². The molecule has 2 unspecified atom stereocenters. The highest BCUT2D eigenvalue weighted by Gasteiger charge is 2.44. The molecule has 0 spiro atoms. The fourth-order valence-corrected chi connectivity index (χ4v) is 6.06. The summed E-state index contributed by atoms with van der Waals surface area (Å²) in [5.74, 6) is -0.804. The monoisotopic (exact) mass is 572 g/mol. The summed E-state index contributed by atoms with van der Waals surface area (Å²) >= 11 is 6.18. The molecule has 0 radical (unpaired) electrons. The van der Waals surface area contributed by atoms with Crippen LogP contribution in [0.3, 0.4) is 0 Å². The van der Waals surface area contributed by atoms with Gasteiger partial charge in [-0.25, -0.2) is 0 Å². The van der Waals surface area contributed by atoms with Crippen molar-refractivity contribution >= 4 is 34.7 Å². The predicted molar refractivity (Wildman–Crippen MR) is 164 cm³/mol. The van der Waals surface area contributed by atoms with Crippen LogP contribution in [0.25, 0.3) is 5.57 Å². The largest absolute Gasteiger partial charge is 0.383 e. The predicted octanol–water partition coefficient (Wildman–Crippen LogP) is 4.55. The molecular weight excluding hydrogens is 536 g/mol. The highest BCUT2D eigenvalue weighted by Crippen LogP contribution is 2.39. The third kappa shape index (κ3) is 6.48. The summed E-state index contributed by atoms with van der Waals surface area (Å²) in [6.45, 7) is 10.0. The summed E-state index contributed by atoms with van der Waals surface area (Å²) < 4.78 is 5.34. The molecule has 2 heterocycles. The average molecular weight is 573 g/mol. The topological polar surface area (TPSA) is 65.1 Å². The SMILES string of the molecule is C=C(c1ccccc1)C1C(C(=O)NCCN2CCN(c3cccc(Cl)c3)CC2)c2ccccc2C(=O)N1CCOC. The number of nitrogens with zero attached hydrogens (tertiary/aromatic N) is 3. The van der Waals surface area contributed by atoms with Crippen LogP contribution in [0.5, 0.6) is 0 Å². The van der Waals surface area contributed by atoms with Gasteiger partial charge < -0.3 is 19.9 Å². The molecule has 1 fully saturated rings. The van der Waals surface area contributed by atoms with Crippen LogP contribution in [0.4, 0.5) is 5.69 Å². The van der Waals surface area contributed by atoms with Crippen LogP contribution in [-0.2, 0) is 9.53 Å². The fourth-order valence-electron chi connectivity index (χ4n) is 5.87. The minimum atomic E-state index is -0.590. The number of anilines is 1. The van der Waals surface area contributed by atoms with Gasteiger partial charge in [-0.05, 0) is 41.0 Å². The zero-order valence-electron chi connectivity index (χ0n) is 23.5. The Morgan fingerprint density at radius 1 is 0.976 bits per heavy atom. The Labute approximate surface area is 247 Å². The van der Waals surface area contributed by atoms with Crippen molar-refractivity contribution in [2.24, 2.45) is 0 Å². The molecule has 0 saturated carbocycles. The number of hydrogen-bond donors (Lipinski definition) is 1. The Bertz CT molecular complexity index is 1370. The number of halogens is 1. The Kier molecular flexibility index (Phi) is 9.39. The van der Waals surface area contributed by atoms with E-state index in [1.165, 1.54) is 0 Å². The van der Waals surface area contributed by atoms with Crippen molar-refractivity contribution in [2.45, 2.75) is 12.0 Å². The van der Waals surface area contributed by atoms with Crippen molar-refractivity contribution in [3.8, 4) is 0 Å². The van der Waals surface area contributed by atoms with E-state index in [0.29, 0.717) is 25.3 Å². The van der Waals surface area contributed by atoms with Crippen molar-refractivity contribution in [2.75, 3.05) is 64.4 Å². The van der Waals surface area contributed by atoms with Gasteiger partial charge in [0.2, 0.25) is 5.91 Å². The van der Waals surface area contributed by atoms with Gasteiger partial charge in [-0.15, -0.1) is 0 Å². The van der Waals surface area contributed by atoms with Crippen LogP contribution < -0.4 is 10.2 Å². The Morgan fingerprint density at radius 3 is 2.44 bits per heavy atom. The first-order chi connectivity index (χ1) is 20.0. The first-order valence-electron chi connectivity index (χ1n) is 14.1. The standard InChI is InChI=1S/C33H37ClN4O3/c1-24(25-9-4-3-5-10-25)31-30(28-13-6-7-14-29(28)33(40)38(31)21-22-41-2)32(39)35-15-16-36-17-19-37(20-18-36)27-12-8-11-26(34)23-27/h3-14,23,30-31H,1,15-22H2,2H3,(H,35,39). The minimum absolute atomic E-state index is 0.105. The number of carbonyl (C=O) groups excluding carboxylic acids is 2. The van der Waals surface area contributed by atoms with E-state index < -0.39 is 12.0 Å². The van der Waals surface area contributed by atoms with E-state index in [-0.39, 0.29) is 11.8 Å². The zero-order valence-corrected chi connectivity index (χ0v) is 24.2. The molecule has 214 valence electrons. The van der Waals surface area contributed by atoms with Gasteiger partial charge in [-0.3, -0.25) is 14.5 Å². The second kappa shape index (κ2) is 13.3. The first-order valence-corrected chi connectivity index (χ1v) is 14.5. The normalized spacial score (nSPS) is 19.1. The maximum Gasteiger partial charge on any atom is 0.254 e. The van der Waals surface area contributed by atoms with Crippen LogP contribution in [0.15, 0.2) is 85.4 Å². The maximum absolute atomic E-state index is 14.0. The molecule has 2 aliphatic heterocycles. The van der Waals surface area contributed by atoms with Gasteiger partial charge in [0.25, 0.3) is 5.91 Å². The van der Waals surface area contributed by atoms with E-state index >= 15 is 0 Å². The molecule has 5 rings (SSSR count). The third-order valence-corrected chi connectivity index (χ3v) is 8.27.